The minimum Gasteiger partial charge on any atom is -0.480 e. The van der Waals surface area contributed by atoms with E-state index < -0.39 is 145 Å². The fraction of sp³-hybridized carbons (Fsp3) is 0.526. The highest BCUT2D eigenvalue weighted by molar-refractivity contribution is 7.13. The summed E-state index contributed by atoms with van der Waals surface area (Å²) in [4.78, 5) is 137. The van der Waals surface area contributed by atoms with Crippen molar-refractivity contribution in [1.29, 1.82) is 0 Å². The molecule has 3 heterocycles. The summed E-state index contributed by atoms with van der Waals surface area (Å²) in [6.45, 7) is 29.6. The van der Waals surface area contributed by atoms with Gasteiger partial charge in [0.2, 0.25) is 27.2 Å². The van der Waals surface area contributed by atoms with Gasteiger partial charge in [-0.1, -0.05) is 133 Å². The molecule has 0 saturated carbocycles. The average Bonchev–Trinajstić information content (AvgIpc) is 1.76. The first-order chi connectivity index (χ1) is 50.0. The van der Waals surface area contributed by atoms with Crippen molar-refractivity contribution in [2.45, 2.75) is 199 Å². The lowest BCUT2D eigenvalue weighted by Gasteiger charge is -2.25. The number of hydrogen-bond donors (Lipinski definition) is 5. The molecule has 6 atom stereocenters. The van der Waals surface area contributed by atoms with E-state index in [1.54, 1.807) is 83.1 Å². The van der Waals surface area contributed by atoms with Crippen LogP contribution in [0.3, 0.4) is 0 Å². The molecule has 107 heavy (non-hydrogen) atoms. The van der Waals surface area contributed by atoms with Crippen LogP contribution in [0.2, 0.25) is 0 Å². The number of carbonyl (C=O) groups is 10. The number of hydrogen-bond acceptors (Lipinski definition) is 27. The van der Waals surface area contributed by atoms with Crippen LogP contribution in [0, 0.1) is 39.4 Å². The standard InChI is InChI=1S/C30H42N2O8S.2C24H32N2O6S/c1-19(2)14-22(25(33)37-17-39-27(35)29(3,4)5)32-23(26(34)38-18-40-28(36)30(6,7)8)15-21-16-41-24(31-21)20-12-10-9-11-13-20;1-15(2)11-19(22(29)31-14-32-23(30)24(3,4)5)26-18(21(27)28)12-17-13-33-20(25-17)16-9-7-6-8-10-16;1-15(2)11-18(21(27)28)26-19(22(29)31-14-32-23(30)24(3,4)5)12-17-13-33-20(25-17)16-9-7-6-8-10-16/h9-13,16,19,22-23,32H,14-15,17-18H2,1-8H3;2*6-10,13,15,18-19,26H,11-12,14H2,1-5H3,(H,27,28)/t22-,23-;2*18-,19-/m000/s1. The zero-order valence-electron chi connectivity index (χ0n) is 64.5. The van der Waals surface area contributed by atoms with E-state index in [-0.39, 0.29) is 37.0 Å². The van der Waals surface area contributed by atoms with Crippen molar-refractivity contribution in [3.05, 3.63) is 124 Å². The summed E-state index contributed by atoms with van der Waals surface area (Å²) in [6.07, 6.45) is 1.39. The van der Waals surface area contributed by atoms with Gasteiger partial charge in [0.05, 0.1) is 38.7 Å². The molecule has 0 aliphatic rings. The van der Waals surface area contributed by atoms with Crippen LogP contribution in [0.4, 0.5) is 0 Å². The van der Waals surface area contributed by atoms with E-state index in [1.165, 1.54) is 34.0 Å². The molecule has 29 heteroatoms. The Morgan fingerprint density at radius 1 is 0.336 bits per heavy atom. The van der Waals surface area contributed by atoms with Crippen LogP contribution < -0.4 is 16.0 Å². The molecule has 5 N–H and O–H groups in total. The van der Waals surface area contributed by atoms with Crippen molar-refractivity contribution >= 4 is 93.7 Å². The van der Waals surface area contributed by atoms with E-state index in [1.807, 2.05) is 149 Å². The van der Waals surface area contributed by atoms with Crippen LogP contribution in [-0.4, -0.2) is 148 Å². The Bertz CT molecular complexity index is 3810. The quantitative estimate of drug-likeness (QED) is 0.0140. The number of aliphatic carboxylic acids is 2. The first-order valence-electron chi connectivity index (χ1n) is 35.1. The molecule has 3 aromatic carbocycles. The topological polar surface area (TPSA) is 360 Å². The van der Waals surface area contributed by atoms with Gasteiger partial charge in [-0.2, -0.15) is 0 Å². The second-order valence-corrected chi connectivity index (χ2v) is 33.1. The maximum absolute atomic E-state index is 13.2. The molecule has 0 spiro atoms. The van der Waals surface area contributed by atoms with Gasteiger partial charge in [0, 0.05) is 52.1 Å². The van der Waals surface area contributed by atoms with Crippen LogP contribution in [0.1, 0.15) is 161 Å². The van der Waals surface area contributed by atoms with Crippen molar-refractivity contribution < 1.29 is 96.1 Å². The predicted octanol–water partition coefficient (Wildman–Crippen LogP) is 12.7. The zero-order chi connectivity index (χ0) is 80.0. The smallest absolute Gasteiger partial charge is 0.326 e. The lowest BCUT2D eigenvalue weighted by atomic mass is 9.97. The number of carboxylic acids is 2. The van der Waals surface area contributed by atoms with Gasteiger partial charge >= 0.3 is 59.7 Å². The number of esters is 8. The fourth-order valence-corrected chi connectivity index (χ4v) is 11.8. The highest BCUT2D eigenvalue weighted by Crippen LogP contribution is 2.28. The summed E-state index contributed by atoms with van der Waals surface area (Å²) in [5.41, 5.74) is 1.76. The molecule has 3 aromatic heterocycles. The number of carbonyl (C=O) groups excluding carboxylic acids is 8. The Balaban J connectivity index is 0.000000342. The lowest BCUT2D eigenvalue weighted by molar-refractivity contribution is -0.177. The number of nitrogens with zero attached hydrogens (tertiary/aromatic N) is 3. The molecule has 586 valence electrons. The summed E-state index contributed by atoms with van der Waals surface area (Å²) >= 11 is 4.31. The van der Waals surface area contributed by atoms with Gasteiger partial charge < -0.3 is 48.1 Å². The highest BCUT2D eigenvalue weighted by Gasteiger charge is 2.35. The normalized spacial score (nSPS) is 13.4. The molecule has 0 saturated heterocycles. The van der Waals surface area contributed by atoms with Crippen LogP contribution in [-0.2, 0) is 105 Å². The first-order valence-corrected chi connectivity index (χ1v) is 37.7. The molecule has 0 bridgehead atoms. The monoisotopic (exact) mass is 1540 g/mol. The third-order valence-electron chi connectivity index (χ3n) is 15.0. The number of benzene rings is 3. The van der Waals surface area contributed by atoms with Crippen LogP contribution in [0.25, 0.3) is 31.7 Å². The van der Waals surface area contributed by atoms with E-state index >= 15 is 0 Å². The number of ether oxygens (including phenoxy) is 8. The Kier molecular flexibility index (Phi) is 36.6. The second-order valence-electron chi connectivity index (χ2n) is 30.6. The van der Waals surface area contributed by atoms with Crippen molar-refractivity contribution in [2.75, 3.05) is 27.2 Å². The molecule has 0 aliphatic heterocycles. The molecular weight excluding hydrogens is 1440 g/mol. The fourth-order valence-electron chi connectivity index (χ4n) is 9.29. The number of carboxylic acid groups (broad SMARTS) is 2. The second kappa shape index (κ2) is 43.2. The number of thiazole rings is 3. The van der Waals surface area contributed by atoms with Crippen molar-refractivity contribution in [3.8, 4) is 31.7 Å². The Morgan fingerprint density at radius 3 is 0.804 bits per heavy atom. The maximum Gasteiger partial charge on any atom is 0.326 e. The SMILES string of the molecule is CC(C)C[C@H](N[C@@H](Cc1csc(-c2ccccc2)n1)C(=O)O)C(=O)OCOC(=O)C(C)(C)C.CC(C)C[C@H](N[C@@H](Cc1csc(-c2ccccc2)n1)C(=O)OCOC(=O)C(C)(C)C)C(=O)O.CC(C)C[C@H](N[C@@H](Cc1csc(-c2ccccc2)n1)C(=O)OCOC(=O)C(C)(C)C)C(=O)OCOC(=O)C(C)(C)C. The Hall–Kier alpha value is -8.87. The van der Waals surface area contributed by atoms with Gasteiger partial charge in [-0.25, -0.2) is 15.0 Å². The van der Waals surface area contributed by atoms with E-state index in [2.05, 4.69) is 30.9 Å². The minimum atomic E-state index is -1.09. The van der Waals surface area contributed by atoms with Crippen molar-refractivity contribution in [3.63, 3.8) is 0 Å². The molecule has 0 unspecified atom stereocenters. The molecule has 6 aromatic rings. The number of aromatic nitrogens is 3. The number of nitrogens with one attached hydrogen (secondary N) is 3. The van der Waals surface area contributed by atoms with E-state index in [9.17, 15) is 58.2 Å². The van der Waals surface area contributed by atoms with E-state index in [4.69, 9.17) is 37.9 Å². The number of rotatable bonds is 35. The van der Waals surface area contributed by atoms with Crippen LogP contribution in [0.5, 0.6) is 0 Å². The highest BCUT2D eigenvalue weighted by atomic mass is 32.1. The summed E-state index contributed by atoms with van der Waals surface area (Å²) < 4.78 is 41.0. The van der Waals surface area contributed by atoms with Crippen LogP contribution >= 0.6 is 34.0 Å². The summed E-state index contributed by atoms with van der Waals surface area (Å²) in [6, 6.07) is 23.2. The summed E-state index contributed by atoms with van der Waals surface area (Å²) in [5.74, 6) is -6.68. The lowest BCUT2D eigenvalue weighted by Crippen LogP contribution is -2.50. The average molecular weight is 1540 g/mol. The largest absolute Gasteiger partial charge is 0.480 e. The molecular formula is C78H106N6O20S3. The zero-order valence-corrected chi connectivity index (χ0v) is 66.9. The van der Waals surface area contributed by atoms with Gasteiger partial charge in [0.25, 0.3) is 0 Å². The third-order valence-corrected chi connectivity index (χ3v) is 17.9. The van der Waals surface area contributed by atoms with Crippen molar-refractivity contribution in [1.82, 2.24) is 30.9 Å². The van der Waals surface area contributed by atoms with Gasteiger partial charge in [0.1, 0.15) is 51.3 Å². The van der Waals surface area contributed by atoms with E-state index in [0.29, 0.717) is 36.3 Å². The van der Waals surface area contributed by atoms with Gasteiger partial charge in [-0.3, -0.25) is 63.9 Å². The summed E-state index contributed by atoms with van der Waals surface area (Å²) in [5, 5.41) is 36.1. The third kappa shape index (κ3) is 33.4. The molecule has 0 aliphatic carbocycles. The minimum absolute atomic E-state index is 0.0607. The first kappa shape index (κ1) is 90.5. The van der Waals surface area contributed by atoms with Gasteiger partial charge in [-0.15, -0.1) is 34.0 Å². The Morgan fingerprint density at radius 2 is 0.561 bits per heavy atom. The Labute approximate surface area is 639 Å². The predicted molar refractivity (Wildman–Crippen MR) is 406 cm³/mol. The molecule has 0 amide bonds. The van der Waals surface area contributed by atoms with E-state index in [0.717, 1.165) is 31.7 Å². The van der Waals surface area contributed by atoms with Crippen LogP contribution in [0.15, 0.2) is 107 Å². The molecule has 0 fully saturated rings. The summed E-state index contributed by atoms with van der Waals surface area (Å²) in [7, 11) is 0. The molecule has 6 rings (SSSR count). The van der Waals surface area contributed by atoms with Crippen molar-refractivity contribution in [2.24, 2.45) is 39.4 Å². The van der Waals surface area contributed by atoms with Gasteiger partial charge in [0.15, 0.2) is 0 Å². The maximum atomic E-state index is 13.2. The molecule has 26 nitrogen and oxygen atoms in total. The van der Waals surface area contributed by atoms with Gasteiger partial charge in [-0.05, 0) is 120 Å². The molecule has 0 radical (unpaired) electrons.